The van der Waals surface area contributed by atoms with E-state index in [-0.39, 0.29) is 5.41 Å². The van der Waals surface area contributed by atoms with Gasteiger partial charge in [0.05, 0.1) is 5.69 Å². The van der Waals surface area contributed by atoms with E-state index in [0.717, 1.165) is 23.4 Å². The molecule has 0 fully saturated rings. The van der Waals surface area contributed by atoms with Gasteiger partial charge in [0.1, 0.15) is 0 Å². The van der Waals surface area contributed by atoms with Gasteiger partial charge in [-0.05, 0) is 29.5 Å². The van der Waals surface area contributed by atoms with Crippen LogP contribution in [0.25, 0.3) is 12.2 Å². The van der Waals surface area contributed by atoms with Crippen molar-refractivity contribution in [1.29, 1.82) is 0 Å². The third-order valence-electron chi connectivity index (χ3n) is 2.14. The molecular weight excluding hydrogens is 182 g/mol. The molecule has 0 atom stereocenters. The van der Waals surface area contributed by atoms with E-state index in [1.807, 2.05) is 6.08 Å². The summed E-state index contributed by atoms with van der Waals surface area (Å²) in [6.45, 7) is 14.2. The summed E-state index contributed by atoms with van der Waals surface area (Å²) >= 11 is 0. The molecule has 1 nitrogen and oxygen atoms in total. The third kappa shape index (κ3) is 3.35. The maximum atomic E-state index is 4.56. The van der Waals surface area contributed by atoms with Crippen LogP contribution >= 0.6 is 0 Å². The SMILES string of the molecule is C=Cc1ccc(CC(C)(C)C)nc1C=C. The van der Waals surface area contributed by atoms with Crippen molar-refractivity contribution in [3.63, 3.8) is 0 Å². The van der Waals surface area contributed by atoms with Crippen LogP contribution < -0.4 is 0 Å². The lowest BCUT2D eigenvalue weighted by Gasteiger charge is -2.17. The second-order valence-corrected chi connectivity index (χ2v) is 4.92. The van der Waals surface area contributed by atoms with Crippen molar-refractivity contribution in [3.8, 4) is 0 Å². The Morgan fingerprint density at radius 2 is 1.87 bits per heavy atom. The zero-order valence-corrected chi connectivity index (χ0v) is 9.88. The Kier molecular flexibility index (Phi) is 3.46. The van der Waals surface area contributed by atoms with Crippen LogP contribution in [0.15, 0.2) is 25.3 Å². The predicted octanol–water partition coefficient (Wildman–Crippen LogP) is 3.96. The molecule has 1 rings (SSSR count). The lowest BCUT2D eigenvalue weighted by atomic mass is 9.90. The van der Waals surface area contributed by atoms with Crippen molar-refractivity contribution in [1.82, 2.24) is 4.98 Å². The van der Waals surface area contributed by atoms with Gasteiger partial charge >= 0.3 is 0 Å². The van der Waals surface area contributed by atoms with Crippen LogP contribution in [0.4, 0.5) is 0 Å². The van der Waals surface area contributed by atoms with Gasteiger partial charge in [-0.3, -0.25) is 4.98 Å². The molecule has 0 radical (unpaired) electrons. The fourth-order valence-electron chi connectivity index (χ4n) is 1.51. The number of pyridine rings is 1. The molecule has 15 heavy (non-hydrogen) atoms. The molecule has 1 aromatic rings. The molecule has 0 saturated carbocycles. The number of rotatable bonds is 3. The molecule has 0 amide bonds. The van der Waals surface area contributed by atoms with E-state index >= 15 is 0 Å². The Morgan fingerprint density at radius 3 is 2.33 bits per heavy atom. The van der Waals surface area contributed by atoms with Gasteiger partial charge in [0, 0.05) is 5.69 Å². The minimum absolute atomic E-state index is 0.265. The number of hydrogen-bond donors (Lipinski definition) is 0. The van der Waals surface area contributed by atoms with E-state index in [0.29, 0.717) is 0 Å². The third-order valence-corrected chi connectivity index (χ3v) is 2.14. The number of aromatic nitrogens is 1. The topological polar surface area (TPSA) is 12.9 Å². The average Bonchev–Trinajstić information content (AvgIpc) is 2.15. The van der Waals surface area contributed by atoms with E-state index < -0.39 is 0 Å². The van der Waals surface area contributed by atoms with Gasteiger partial charge in [-0.15, -0.1) is 0 Å². The molecule has 0 unspecified atom stereocenters. The summed E-state index contributed by atoms with van der Waals surface area (Å²) in [4.78, 5) is 4.56. The van der Waals surface area contributed by atoms with Crippen LogP contribution in [0, 0.1) is 5.41 Å². The average molecular weight is 201 g/mol. The Balaban J connectivity index is 3.03. The molecule has 0 spiro atoms. The zero-order chi connectivity index (χ0) is 11.5. The summed E-state index contributed by atoms with van der Waals surface area (Å²) < 4.78 is 0. The maximum Gasteiger partial charge on any atom is 0.0699 e. The zero-order valence-electron chi connectivity index (χ0n) is 9.88. The molecule has 0 aliphatic carbocycles. The van der Waals surface area contributed by atoms with Crippen molar-refractivity contribution in [3.05, 3.63) is 42.2 Å². The number of nitrogens with zero attached hydrogens (tertiary/aromatic N) is 1. The first-order valence-electron chi connectivity index (χ1n) is 5.21. The molecular formula is C14H19N. The quantitative estimate of drug-likeness (QED) is 0.721. The van der Waals surface area contributed by atoms with Gasteiger partial charge in [0.25, 0.3) is 0 Å². The van der Waals surface area contributed by atoms with Crippen molar-refractivity contribution >= 4 is 12.2 Å². The van der Waals surface area contributed by atoms with Crippen LogP contribution in [0.3, 0.4) is 0 Å². The largest absolute Gasteiger partial charge is 0.253 e. The normalized spacial score (nSPS) is 11.1. The monoisotopic (exact) mass is 201 g/mol. The molecule has 1 heterocycles. The van der Waals surface area contributed by atoms with Crippen LogP contribution in [-0.2, 0) is 6.42 Å². The highest BCUT2D eigenvalue weighted by atomic mass is 14.7. The Bertz CT molecular complexity index is 369. The Morgan fingerprint density at radius 1 is 1.20 bits per heavy atom. The summed E-state index contributed by atoms with van der Waals surface area (Å²) in [7, 11) is 0. The lowest BCUT2D eigenvalue weighted by molar-refractivity contribution is 0.406. The second-order valence-electron chi connectivity index (χ2n) is 4.92. The molecule has 0 N–H and O–H groups in total. The Labute approximate surface area is 92.6 Å². The molecule has 1 heteroatoms. The highest BCUT2D eigenvalue weighted by Gasteiger charge is 2.12. The first kappa shape index (κ1) is 11.7. The van der Waals surface area contributed by atoms with Crippen LogP contribution in [0.5, 0.6) is 0 Å². The minimum atomic E-state index is 0.265. The molecule has 0 saturated heterocycles. The highest BCUT2D eigenvalue weighted by Crippen LogP contribution is 2.20. The lowest BCUT2D eigenvalue weighted by Crippen LogP contribution is -2.11. The van der Waals surface area contributed by atoms with Gasteiger partial charge in [-0.1, -0.05) is 46.1 Å². The van der Waals surface area contributed by atoms with Crippen molar-refractivity contribution in [2.24, 2.45) is 5.41 Å². The molecule has 0 bridgehead atoms. The van der Waals surface area contributed by atoms with Crippen LogP contribution in [0.1, 0.15) is 37.7 Å². The number of hydrogen-bond acceptors (Lipinski definition) is 1. The summed E-state index contributed by atoms with van der Waals surface area (Å²) in [5, 5.41) is 0. The molecule has 1 aromatic heterocycles. The standard InChI is InChI=1S/C14H19N/c1-6-11-8-9-12(10-14(3,4)5)15-13(11)7-2/h6-9H,1-2,10H2,3-5H3. The molecule has 0 aromatic carbocycles. The fraction of sp³-hybridized carbons (Fsp3) is 0.357. The summed E-state index contributed by atoms with van der Waals surface area (Å²) in [6, 6.07) is 4.12. The van der Waals surface area contributed by atoms with E-state index in [2.05, 4.69) is 51.0 Å². The van der Waals surface area contributed by atoms with Gasteiger partial charge < -0.3 is 0 Å². The van der Waals surface area contributed by atoms with Gasteiger partial charge in [-0.25, -0.2) is 0 Å². The fourth-order valence-corrected chi connectivity index (χ4v) is 1.51. The summed E-state index contributed by atoms with van der Waals surface area (Å²) in [5.41, 5.74) is 3.35. The summed E-state index contributed by atoms with van der Waals surface area (Å²) in [6.07, 6.45) is 4.57. The van der Waals surface area contributed by atoms with Gasteiger partial charge in [-0.2, -0.15) is 0 Å². The first-order chi connectivity index (χ1) is 6.96. The second kappa shape index (κ2) is 4.43. The highest BCUT2D eigenvalue weighted by molar-refractivity contribution is 5.60. The van der Waals surface area contributed by atoms with E-state index in [4.69, 9.17) is 0 Å². The smallest absolute Gasteiger partial charge is 0.0699 e. The summed E-state index contributed by atoms with van der Waals surface area (Å²) in [5.74, 6) is 0. The van der Waals surface area contributed by atoms with E-state index in [9.17, 15) is 0 Å². The van der Waals surface area contributed by atoms with Gasteiger partial charge in [0.15, 0.2) is 0 Å². The van der Waals surface area contributed by atoms with Crippen LogP contribution in [0.2, 0.25) is 0 Å². The van der Waals surface area contributed by atoms with E-state index in [1.54, 1.807) is 6.08 Å². The first-order valence-corrected chi connectivity index (χ1v) is 5.21. The molecule has 0 aliphatic rings. The van der Waals surface area contributed by atoms with E-state index in [1.165, 1.54) is 0 Å². The van der Waals surface area contributed by atoms with Gasteiger partial charge in [0.2, 0.25) is 0 Å². The molecule has 80 valence electrons. The minimum Gasteiger partial charge on any atom is -0.253 e. The van der Waals surface area contributed by atoms with Crippen molar-refractivity contribution in [2.45, 2.75) is 27.2 Å². The Hall–Kier alpha value is -1.37. The van der Waals surface area contributed by atoms with Crippen molar-refractivity contribution in [2.75, 3.05) is 0 Å². The predicted molar refractivity (Wildman–Crippen MR) is 67.6 cm³/mol. The van der Waals surface area contributed by atoms with Crippen LogP contribution in [-0.4, -0.2) is 4.98 Å². The maximum absolute atomic E-state index is 4.56. The molecule has 0 aliphatic heterocycles. The van der Waals surface area contributed by atoms with Crippen molar-refractivity contribution < 1.29 is 0 Å².